The highest BCUT2D eigenvalue weighted by Crippen LogP contribution is 2.30. The fourth-order valence-corrected chi connectivity index (χ4v) is 2.00. The predicted molar refractivity (Wildman–Crippen MR) is 67.5 cm³/mol. The van der Waals surface area contributed by atoms with Crippen LogP contribution in [0.25, 0.3) is 0 Å². The van der Waals surface area contributed by atoms with E-state index in [4.69, 9.17) is 14.6 Å². The minimum atomic E-state index is -1.62. The Morgan fingerprint density at radius 1 is 1.19 bits per heavy atom. The quantitative estimate of drug-likeness (QED) is 0.400. The van der Waals surface area contributed by atoms with E-state index in [2.05, 4.69) is 0 Å². The molecule has 1 aliphatic rings. The van der Waals surface area contributed by atoms with Crippen LogP contribution in [-0.2, 0) is 4.74 Å². The third-order valence-electron chi connectivity index (χ3n) is 3.15. The van der Waals surface area contributed by atoms with E-state index in [9.17, 15) is 25.4 Å². The smallest absolute Gasteiger partial charge is 0.311 e. The maximum atomic E-state index is 10.9. The third-order valence-corrected chi connectivity index (χ3v) is 3.15. The number of hydrogen-bond acceptors (Lipinski definition) is 8. The first-order valence-corrected chi connectivity index (χ1v) is 6.16. The first-order chi connectivity index (χ1) is 9.95. The zero-order valence-electron chi connectivity index (χ0n) is 10.8. The molecule has 1 aromatic carbocycles. The highest BCUT2D eigenvalue weighted by atomic mass is 16.7. The van der Waals surface area contributed by atoms with Gasteiger partial charge in [0.05, 0.1) is 11.5 Å². The lowest BCUT2D eigenvalue weighted by molar-refractivity contribution is -0.387. The molecule has 0 bridgehead atoms. The van der Waals surface area contributed by atoms with E-state index < -0.39 is 42.2 Å². The molecule has 2 rings (SSSR count). The molecular weight excluding hydrogens is 286 g/mol. The van der Waals surface area contributed by atoms with Crippen LogP contribution in [0, 0.1) is 10.1 Å². The lowest BCUT2D eigenvalue weighted by Gasteiger charge is -2.39. The van der Waals surface area contributed by atoms with Crippen molar-refractivity contribution in [3.63, 3.8) is 0 Å². The summed E-state index contributed by atoms with van der Waals surface area (Å²) < 4.78 is 10.3. The van der Waals surface area contributed by atoms with E-state index >= 15 is 0 Å². The van der Waals surface area contributed by atoms with Gasteiger partial charge >= 0.3 is 5.69 Å². The minimum absolute atomic E-state index is 0.160. The predicted octanol–water partition coefficient (Wildman–Crippen LogP) is -1.23. The molecule has 0 spiro atoms. The average molecular weight is 301 g/mol. The maximum Gasteiger partial charge on any atom is 0.311 e. The number of nitrogens with zero attached hydrogens (tertiary/aromatic N) is 1. The summed E-state index contributed by atoms with van der Waals surface area (Å²) >= 11 is 0. The Kier molecular flexibility index (Phi) is 4.70. The minimum Gasteiger partial charge on any atom is -0.455 e. The summed E-state index contributed by atoms with van der Waals surface area (Å²) in [6.45, 7) is -0.609. The Hall–Kier alpha value is -1.78. The van der Waals surface area contributed by atoms with Crippen LogP contribution in [0.3, 0.4) is 0 Å². The number of benzene rings is 1. The lowest BCUT2D eigenvalue weighted by Crippen LogP contribution is -2.60. The van der Waals surface area contributed by atoms with Gasteiger partial charge in [0.1, 0.15) is 24.4 Å². The van der Waals surface area contributed by atoms with Gasteiger partial charge in [-0.3, -0.25) is 10.1 Å². The fraction of sp³-hybridized carbons (Fsp3) is 0.500. The van der Waals surface area contributed by atoms with E-state index in [-0.39, 0.29) is 11.4 Å². The Balaban J connectivity index is 2.20. The number of para-hydroxylation sites is 2. The van der Waals surface area contributed by atoms with Gasteiger partial charge < -0.3 is 29.9 Å². The zero-order valence-corrected chi connectivity index (χ0v) is 10.8. The largest absolute Gasteiger partial charge is 0.455 e. The lowest BCUT2D eigenvalue weighted by atomic mass is 9.99. The first kappa shape index (κ1) is 15.6. The molecule has 1 heterocycles. The monoisotopic (exact) mass is 301 g/mol. The van der Waals surface area contributed by atoms with Gasteiger partial charge in [0, 0.05) is 6.07 Å². The second-order valence-corrected chi connectivity index (χ2v) is 4.54. The molecule has 0 aliphatic carbocycles. The number of ether oxygens (including phenoxy) is 2. The first-order valence-electron chi connectivity index (χ1n) is 6.16. The Labute approximate surface area is 119 Å². The van der Waals surface area contributed by atoms with Crippen LogP contribution >= 0.6 is 0 Å². The molecule has 4 N–H and O–H groups in total. The number of aliphatic hydroxyl groups excluding tert-OH is 4. The zero-order chi connectivity index (χ0) is 15.6. The summed E-state index contributed by atoms with van der Waals surface area (Å²) in [7, 11) is 0. The normalized spacial score (nSPS) is 32.7. The summed E-state index contributed by atoms with van der Waals surface area (Å²) in [5, 5.41) is 49.0. The summed E-state index contributed by atoms with van der Waals surface area (Å²) in [6.07, 6.45) is -7.35. The average Bonchev–Trinajstić information content (AvgIpc) is 2.48. The summed E-state index contributed by atoms with van der Waals surface area (Å²) in [4.78, 5) is 10.2. The molecule has 0 unspecified atom stereocenters. The van der Waals surface area contributed by atoms with Gasteiger partial charge in [-0.05, 0) is 6.07 Å². The number of nitro benzene ring substituents is 1. The molecule has 5 atom stereocenters. The standard InChI is InChI=1S/C12H15NO8/c14-5-8-9(15)10(16)11(17)12(21-8)20-7-4-2-1-3-6(7)13(18)19/h1-4,8-12,14-17H,5H2/t8-,9-,10-,11+,12+/m0/s1. The molecule has 1 aromatic rings. The van der Waals surface area contributed by atoms with Crippen LogP contribution in [0.2, 0.25) is 0 Å². The highest BCUT2D eigenvalue weighted by molar-refractivity contribution is 5.45. The van der Waals surface area contributed by atoms with Crippen molar-refractivity contribution >= 4 is 5.69 Å². The summed E-state index contributed by atoms with van der Waals surface area (Å²) in [6, 6.07) is 5.45. The van der Waals surface area contributed by atoms with E-state index in [1.54, 1.807) is 0 Å². The molecule has 9 heteroatoms. The molecule has 1 fully saturated rings. The molecule has 9 nitrogen and oxygen atoms in total. The van der Waals surface area contributed by atoms with Crippen LogP contribution in [0.15, 0.2) is 24.3 Å². The van der Waals surface area contributed by atoms with Crippen LogP contribution in [0.4, 0.5) is 5.69 Å². The van der Waals surface area contributed by atoms with Gasteiger partial charge in [-0.2, -0.15) is 0 Å². The fourth-order valence-electron chi connectivity index (χ4n) is 2.00. The highest BCUT2D eigenvalue weighted by Gasteiger charge is 2.45. The van der Waals surface area contributed by atoms with Crippen molar-refractivity contribution in [3.05, 3.63) is 34.4 Å². The van der Waals surface area contributed by atoms with Gasteiger partial charge in [0.2, 0.25) is 6.29 Å². The molecule has 1 saturated heterocycles. The molecule has 21 heavy (non-hydrogen) atoms. The maximum absolute atomic E-state index is 10.9. The van der Waals surface area contributed by atoms with Gasteiger partial charge in [0.15, 0.2) is 5.75 Å². The molecule has 0 radical (unpaired) electrons. The molecule has 116 valence electrons. The SMILES string of the molecule is O=[N+]([O-])c1ccccc1O[C@@H]1O[C@@H](CO)[C@H](O)[C@H](O)[C@H]1O. The van der Waals surface area contributed by atoms with Crippen LogP contribution in [0.1, 0.15) is 0 Å². The van der Waals surface area contributed by atoms with Crippen molar-refractivity contribution < 1.29 is 34.8 Å². The van der Waals surface area contributed by atoms with Gasteiger partial charge in [-0.1, -0.05) is 12.1 Å². The molecule has 0 saturated carbocycles. The van der Waals surface area contributed by atoms with Crippen molar-refractivity contribution in [2.75, 3.05) is 6.61 Å². The second kappa shape index (κ2) is 6.33. The Morgan fingerprint density at radius 2 is 1.86 bits per heavy atom. The van der Waals surface area contributed by atoms with Gasteiger partial charge in [-0.25, -0.2) is 0 Å². The molecule has 1 aliphatic heterocycles. The number of hydrogen-bond donors (Lipinski definition) is 4. The van der Waals surface area contributed by atoms with E-state index in [0.717, 1.165) is 0 Å². The molecular formula is C12H15NO8. The molecule has 0 aromatic heterocycles. The Morgan fingerprint density at radius 3 is 2.48 bits per heavy atom. The van der Waals surface area contributed by atoms with Crippen LogP contribution < -0.4 is 4.74 Å². The van der Waals surface area contributed by atoms with Crippen molar-refractivity contribution in [3.8, 4) is 5.75 Å². The van der Waals surface area contributed by atoms with E-state index in [1.807, 2.05) is 0 Å². The van der Waals surface area contributed by atoms with Crippen molar-refractivity contribution in [1.82, 2.24) is 0 Å². The van der Waals surface area contributed by atoms with Crippen LogP contribution in [-0.4, -0.2) is 62.7 Å². The van der Waals surface area contributed by atoms with E-state index in [1.165, 1.54) is 24.3 Å². The Bertz CT molecular complexity index is 508. The molecule has 0 amide bonds. The summed E-state index contributed by atoms with van der Waals surface area (Å²) in [5.74, 6) is -0.160. The summed E-state index contributed by atoms with van der Waals surface area (Å²) in [5.41, 5.74) is -0.338. The van der Waals surface area contributed by atoms with Crippen molar-refractivity contribution in [2.24, 2.45) is 0 Å². The van der Waals surface area contributed by atoms with E-state index in [0.29, 0.717) is 0 Å². The van der Waals surface area contributed by atoms with Gasteiger partial charge in [-0.15, -0.1) is 0 Å². The number of nitro groups is 1. The van der Waals surface area contributed by atoms with Crippen molar-refractivity contribution in [1.29, 1.82) is 0 Å². The van der Waals surface area contributed by atoms with Crippen molar-refractivity contribution in [2.45, 2.75) is 30.7 Å². The van der Waals surface area contributed by atoms with Gasteiger partial charge in [0.25, 0.3) is 0 Å². The van der Waals surface area contributed by atoms with Crippen LogP contribution in [0.5, 0.6) is 5.75 Å². The second-order valence-electron chi connectivity index (χ2n) is 4.54. The number of aliphatic hydroxyl groups is 4. The third kappa shape index (κ3) is 3.12. The number of rotatable bonds is 4. The topological polar surface area (TPSA) is 143 Å².